The average molecular weight is 606 g/mol. The Balaban J connectivity index is 1.16. The van der Waals surface area contributed by atoms with E-state index in [9.17, 15) is 17.6 Å². The smallest absolute Gasteiger partial charge is 0.246 e. The summed E-state index contributed by atoms with van der Waals surface area (Å²) in [5, 5.41) is 2.96. The molecule has 1 N–H and O–H groups in total. The van der Waals surface area contributed by atoms with Gasteiger partial charge in [0.2, 0.25) is 15.9 Å². The lowest BCUT2D eigenvalue weighted by Crippen LogP contribution is -2.34. The average Bonchev–Trinajstić information content (AvgIpc) is 3.47. The van der Waals surface area contributed by atoms with Crippen LogP contribution >= 0.6 is 0 Å². The third-order valence-electron chi connectivity index (χ3n) is 8.51. The van der Waals surface area contributed by atoms with E-state index in [2.05, 4.69) is 24.3 Å². The molecule has 2 fully saturated rings. The van der Waals surface area contributed by atoms with Crippen molar-refractivity contribution in [3.05, 3.63) is 53.8 Å². The summed E-state index contributed by atoms with van der Waals surface area (Å²) in [6.07, 6.45) is 5.41. The molecular formula is C31H44FN3O6S. The van der Waals surface area contributed by atoms with Gasteiger partial charge in [-0.15, -0.1) is 0 Å². The zero-order chi connectivity index (χ0) is 30.3. The number of ether oxygens (including phenoxy) is 3. The van der Waals surface area contributed by atoms with Gasteiger partial charge in [0.15, 0.2) is 11.5 Å². The Labute approximate surface area is 249 Å². The Hall–Kier alpha value is -2.73. The number of nitrogens with zero attached hydrogens (tertiary/aromatic N) is 2. The lowest BCUT2D eigenvalue weighted by atomic mass is 9.75. The first-order chi connectivity index (χ1) is 20.1. The Morgan fingerprint density at radius 2 is 1.79 bits per heavy atom. The molecule has 1 saturated heterocycles. The number of carbonyl (C=O) groups is 1. The maximum Gasteiger partial charge on any atom is 0.246 e. The quantitative estimate of drug-likeness (QED) is 0.365. The summed E-state index contributed by atoms with van der Waals surface area (Å²) < 4.78 is 57.7. The molecule has 2 aromatic rings. The fraction of sp³-hybridized carbons (Fsp3) is 0.581. The van der Waals surface area contributed by atoms with Crippen molar-refractivity contribution in [1.29, 1.82) is 0 Å². The molecule has 2 aliphatic rings. The van der Waals surface area contributed by atoms with Crippen LogP contribution < -0.4 is 14.8 Å². The second kappa shape index (κ2) is 14.6. The Morgan fingerprint density at radius 3 is 2.45 bits per heavy atom. The van der Waals surface area contributed by atoms with Gasteiger partial charge in [0.25, 0.3) is 0 Å². The van der Waals surface area contributed by atoms with Gasteiger partial charge < -0.3 is 24.4 Å². The van der Waals surface area contributed by atoms with Crippen LogP contribution in [0.5, 0.6) is 11.5 Å². The number of methoxy groups -OCH3 is 2. The second-order valence-electron chi connectivity index (χ2n) is 11.5. The fourth-order valence-corrected chi connectivity index (χ4v) is 7.82. The van der Waals surface area contributed by atoms with Gasteiger partial charge in [-0.25, -0.2) is 12.8 Å². The van der Waals surface area contributed by atoms with E-state index in [0.717, 1.165) is 37.7 Å². The van der Waals surface area contributed by atoms with Crippen molar-refractivity contribution >= 4 is 15.9 Å². The molecule has 2 unspecified atom stereocenters. The van der Waals surface area contributed by atoms with Crippen molar-refractivity contribution in [2.24, 2.45) is 11.8 Å². The number of sulfonamides is 1. The molecule has 2 aromatic carbocycles. The van der Waals surface area contributed by atoms with Gasteiger partial charge in [0.1, 0.15) is 12.4 Å². The van der Waals surface area contributed by atoms with Crippen molar-refractivity contribution in [3.63, 3.8) is 0 Å². The SMILES string of the molecule is COc1ccc(S(=O)(=O)N2CCC(OCC(=O)NCCC3CCC(C(c4cccc(F)c4)N(C)C)CC3)C2)cc1OC. The summed E-state index contributed by atoms with van der Waals surface area (Å²) in [4.78, 5) is 14.8. The zero-order valence-electron chi connectivity index (χ0n) is 25.1. The largest absolute Gasteiger partial charge is 0.493 e. The normalized spacial score (nSPS) is 22.2. The highest BCUT2D eigenvalue weighted by Crippen LogP contribution is 2.40. The van der Waals surface area contributed by atoms with E-state index in [0.29, 0.717) is 42.8 Å². The third-order valence-corrected chi connectivity index (χ3v) is 10.4. The Bertz CT molecular complexity index is 1300. The van der Waals surface area contributed by atoms with Crippen molar-refractivity contribution < 1.29 is 31.8 Å². The minimum absolute atomic E-state index is 0.0974. The lowest BCUT2D eigenvalue weighted by Gasteiger charge is -2.37. The molecule has 1 saturated carbocycles. The highest BCUT2D eigenvalue weighted by molar-refractivity contribution is 7.89. The predicted molar refractivity (Wildman–Crippen MR) is 159 cm³/mol. The van der Waals surface area contributed by atoms with Gasteiger partial charge in [-0.2, -0.15) is 4.31 Å². The number of amides is 1. The Morgan fingerprint density at radius 1 is 1.05 bits per heavy atom. The van der Waals surface area contributed by atoms with Crippen LogP contribution in [-0.2, 0) is 19.6 Å². The Kier molecular flexibility index (Phi) is 11.2. The summed E-state index contributed by atoms with van der Waals surface area (Å²) in [7, 11) is 3.34. The molecule has 232 valence electrons. The number of rotatable bonds is 13. The summed E-state index contributed by atoms with van der Waals surface area (Å²) >= 11 is 0. The molecule has 1 aliphatic carbocycles. The number of carbonyl (C=O) groups excluding carboxylic acids is 1. The molecule has 0 bridgehead atoms. The van der Waals surface area contributed by atoms with Crippen LogP contribution in [0.15, 0.2) is 47.4 Å². The second-order valence-corrected chi connectivity index (χ2v) is 13.4. The molecule has 1 amide bonds. The van der Waals surface area contributed by atoms with Crippen LogP contribution in [-0.4, -0.2) is 84.2 Å². The van der Waals surface area contributed by atoms with E-state index in [1.165, 1.54) is 36.7 Å². The standard InChI is InChI=1S/C31H44FN3O6S/c1-34(2)31(24-6-5-7-25(32)18-24)23-10-8-22(9-11-23)14-16-33-30(36)21-41-26-15-17-35(20-26)42(37,38)27-12-13-28(39-3)29(19-27)40-4/h5-7,12-13,18-19,22-23,26,31H,8-11,14-17,20-21H2,1-4H3,(H,33,36). The summed E-state index contributed by atoms with van der Waals surface area (Å²) in [6, 6.07) is 11.6. The molecule has 1 heterocycles. The molecular weight excluding hydrogens is 561 g/mol. The number of halogens is 1. The summed E-state index contributed by atoms with van der Waals surface area (Å²) in [6.45, 7) is 0.999. The molecule has 1 aliphatic heterocycles. The number of hydrogen-bond acceptors (Lipinski definition) is 7. The first kappa shape index (κ1) is 32.2. The van der Waals surface area contributed by atoms with Crippen LogP contribution in [0.3, 0.4) is 0 Å². The first-order valence-corrected chi connectivity index (χ1v) is 16.1. The van der Waals surface area contributed by atoms with Crippen molar-refractivity contribution in [3.8, 4) is 11.5 Å². The highest BCUT2D eigenvalue weighted by atomic mass is 32.2. The topological polar surface area (TPSA) is 97.4 Å². The molecule has 9 nitrogen and oxygen atoms in total. The van der Waals surface area contributed by atoms with E-state index >= 15 is 0 Å². The van der Waals surface area contributed by atoms with E-state index < -0.39 is 10.0 Å². The van der Waals surface area contributed by atoms with Crippen molar-refractivity contribution in [2.75, 3.05) is 54.6 Å². The summed E-state index contributed by atoms with van der Waals surface area (Å²) in [5.41, 5.74) is 1.03. The zero-order valence-corrected chi connectivity index (χ0v) is 25.9. The number of hydrogen-bond donors (Lipinski definition) is 1. The van der Waals surface area contributed by atoms with Gasteiger partial charge in [-0.1, -0.05) is 25.0 Å². The molecule has 2 atom stereocenters. The van der Waals surface area contributed by atoms with Gasteiger partial charge in [-0.05, 0) is 81.4 Å². The van der Waals surface area contributed by atoms with E-state index in [4.69, 9.17) is 14.2 Å². The van der Waals surface area contributed by atoms with Gasteiger partial charge in [0.05, 0.1) is 25.2 Å². The number of nitrogens with one attached hydrogen (secondary N) is 1. The molecule has 11 heteroatoms. The van der Waals surface area contributed by atoms with Crippen LogP contribution in [0.4, 0.5) is 4.39 Å². The maximum atomic E-state index is 13.8. The monoisotopic (exact) mass is 605 g/mol. The van der Waals surface area contributed by atoms with Gasteiger partial charge in [-0.3, -0.25) is 4.79 Å². The van der Waals surface area contributed by atoms with Crippen LogP contribution in [0, 0.1) is 17.7 Å². The molecule has 42 heavy (non-hydrogen) atoms. The third kappa shape index (κ3) is 8.00. The summed E-state index contributed by atoms with van der Waals surface area (Å²) in [5.74, 6) is 1.43. The van der Waals surface area contributed by atoms with Crippen molar-refractivity contribution in [2.45, 2.75) is 55.6 Å². The minimum atomic E-state index is -3.73. The molecule has 0 spiro atoms. The van der Waals surface area contributed by atoms with E-state index in [-0.39, 0.29) is 41.9 Å². The van der Waals surface area contributed by atoms with Crippen LogP contribution in [0.1, 0.15) is 50.1 Å². The predicted octanol–water partition coefficient (Wildman–Crippen LogP) is 4.24. The highest BCUT2D eigenvalue weighted by Gasteiger charge is 2.34. The maximum absolute atomic E-state index is 13.8. The molecule has 0 aromatic heterocycles. The van der Waals surface area contributed by atoms with Crippen LogP contribution in [0.2, 0.25) is 0 Å². The van der Waals surface area contributed by atoms with Crippen LogP contribution in [0.25, 0.3) is 0 Å². The van der Waals surface area contributed by atoms with Crippen molar-refractivity contribution in [1.82, 2.24) is 14.5 Å². The lowest BCUT2D eigenvalue weighted by molar-refractivity contribution is -0.127. The number of benzene rings is 2. The van der Waals surface area contributed by atoms with E-state index in [1.54, 1.807) is 18.2 Å². The van der Waals surface area contributed by atoms with E-state index in [1.807, 2.05) is 6.07 Å². The first-order valence-electron chi connectivity index (χ1n) is 14.6. The van der Waals surface area contributed by atoms with Gasteiger partial charge in [0, 0.05) is 31.7 Å². The minimum Gasteiger partial charge on any atom is -0.493 e. The van der Waals surface area contributed by atoms with Gasteiger partial charge >= 0.3 is 0 Å². The fourth-order valence-electron chi connectivity index (χ4n) is 6.31. The molecule has 4 rings (SSSR count). The molecule has 0 radical (unpaired) electrons.